The topological polar surface area (TPSA) is 102 Å². The predicted octanol–water partition coefficient (Wildman–Crippen LogP) is 2.14. The van der Waals surface area contributed by atoms with Gasteiger partial charge in [-0.05, 0) is 12.8 Å². The minimum atomic E-state index is -1.00. The van der Waals surface area contributed by atoms with Crippen molar-refractivity contribution in [2.45, 2.75) is 62.7 Å². The van der Waals surface area contributed by atoms with Crippen LogP contribution < -0.4 is 5.32 Å². The summed E-state index contributed by atoms with van der Waals surface area (Å²) >= 11 is 1.38. The van der Waals surface area contributed by atoms with Crippen LogP contribution in [0.15, 0.2) is 0 Å². The van der Waals surface area contributed by atoms with Crippen LogP contribution in [0.25, 0.3) is 0 Å². The van der Waals surface area contributed by atoms with E-state index in [0.717, 1.165) is 25.7 Å². The molecular weight excluding hydrogens is 310 g/mol. The van der Waals surface area contributed by atoms with Crippen LogP contribution in [0.5, 0.6) is 0 Å². The maximum absolute atomic E-state index is 11.6. The molecule has 0 unspecified atom stereocenters. The Morgan fingerprint density at radius 3 is 2.45 bits per heavy atom. The number of amides is 1. The lowest BCUT2D eigenvalue weighted by Crippen LogP contribution is -2.37. The van der Waals surface area contributed by atoms with Crippen molar-refractivity contribution in [2.24, 2.45) is 0 Å². The van der Waals surface area contributed by atoms with Crippen molar-refractivity contribution in [3.05, 3.63) is 0 Å². The highest BCUT2D eigenvalue weighted by molar-refractivity contribution is 8.01. The molecule has 1 aliphatic carbocycles. The number of hydrogen-bond acceptors (Lipinski definition) is 6. The molecule has 1 fully saturated rings. The summed E-state index contributed by atoms with van der Waals surface area (Å²) in [4.78, 5) is 33.8. The van der Waals surface area contributed by atoms with Gasteiger partial charge in [-0.25, -0.2) is 4.79 Å². The second kappa shape index (κ2) is 9.55. The summed E-state index contributed by atoms with van der Waals surface area (Å²) in [5.41, 5.74) is 0. The Kier molecular flexibility index (Phi) is 8.08. The Balaban J connectivity index is 2.32. The van der Waals surface area contributed by atoms with Crippen LogP contribution in [-0.4, -0.2) is 46.5 Å². The Hall–Kier alpha value is -1.44. The third-order valence-corrected chi connectivity index (χ3v) is 4.78. The number of carbonyl (C=O) groups is 3. The summed E-state index contributed by atoms with van der Waals surface area (Å²) in [5.74, 6) is -1.43. The monoisotopic (exact) mass is 333 g/mol. The molecule has 0 aromatic rings. The molecular formula is C14H23NO6S. The number of rotatable bonds is 8. The summed E-state index contributed by atoms with van der Waals surface area (Å²) in [6.45, 7) is 3.03. The number of ether oxygens (including phenoxy) is 2. The fourth-order valence-electron chi connectivity index (χ4n) is 2.11. The first-order chi connectivity index (χ1) is 10.4. The van der Waals surface area contributed by atoms with Crippen molar-refractivity contribution >= 4 is 29.8 Å². The van der Waals surface area contributed by atoms with Gasteiger partial charge in [0.15, 0.2) is 0 Å². The Morgan fingerprint density at radius 2 is 1.91 bits per heavy atom. The van der Waals surface area contributed by atoms with Gasteiger partial charge in [-0.3, -0.25) is 9.59 Å². The van der Waals surface area contributed by atoms with Gasteiger partial charge in [0.05, 0.1) is 0 Å². The molecule has 1 saturated carbocycles. The molecule has 22 heavy (non-hydrogen) atoms. The summed E-state index contributed by atoms with van der Waals surface area (Å²) in [6.07, 6.45) is 2.67. The van der Waals surface area contributed by atoms with E-state index < -0.39 is 29.6 Å². The second-order valence-electron chi connectivity index (χ2n) is 5.07. The number of carbonyl (C=O) groups excluding carboxylic acids is 2. The number of carboxylic acid groups (broad SMARTS) is 1. The lowest BCUT2D eigenvalue weighted by molar-refractivity contribution is -0.164. The average molecular weight is 333 g/mol. The normalized spacial score (nSPS) is 17.5. The molecule has 1 rings (SSSR count). The summed E-state index contributed by atoms with van der Waals surface area (Å²) in [7, 11) is 0. The molecule has 0 aromatic heterocycles. The maximum Gasteiger partial charge on any atom is 0.410 e. The average Bonchev–Trinajstić information content (AvgIpc) is 2.95. The number of carboxylic acids is 1. The minimum absolute atomic E-state index is 0.0240. The van der Waals surface area contributed by atoms with E-state index >= 15 is 0 Å². The van der Waals surface area contributed by atoms with E-state index in [1.807, 2.05) is 0 Å². The molecule has 0 aliphatic heterocycles. The zero-order chi connectivity index (χ0) is 16.5. The van der Waals surface area contributed by atoms with Gasteiger partial charge in [0, 0.05) is 25.1 Å². The maximum atomic E-state index is 11.6. The molecule has 2 N–H and O–H groups in total. The van der Waals surface area contributed by atoms with Gasteiger partial charge in [-0.2, -0.15) is 0 Å². The third kappa shape index (κ3) is 7.02. The fourth-order valence-corrected chi connectivity index (χ4v) is 3.48. The van der Waals surface area contributed by atoms with Crippen LogP contribution in [0, 0.1) is 0 Å². The van der Waals surface area contributed by atoms with Gasteiger partial charge in [0.1, 0.15) is 5.25 Å². The molecule has 2 atom stereocenters. The van der Waals surface area contributed by atoms with E-state index in [1.54, 1.807) is 6.92 Å². The van der Waals surface area contributed by atoms with Crippen molar-refractivity contribution in [1.29, 1.82) is 0 Å². The van der Waals surface area contributed by atoms with E-state index in [9.17, 15) is 19.5 Å². The molecule has 0 aromatic carbocycles. The van der Waals surface area contributed by atoms with E-state index in [-0.39, 0.29) is 13.0 Å². The minimum Gasteiger partial charge on any atom is -0.480 e. The first-order valence-corrected chi connectivity index (χ1v) is 8.38. The van der Waals surface area contributed by atoms with Crippen LogP contribution in [0.1, 0.15) is 46.0 Å². The predicted molar refractivity (Wildman–Crippen MR) is 81.6 cm³/mol. The molecule has 0 bridgehead atoms. The Morgan fingerprint density at radius 1 is 1.27 bits per heavy atom. The molecule has 8 heteroatoms. The van der Waals surface area contributed by atoms with Crippen LogP contribution >= 0.6 is 11.8 Å². The van der Waals surface area contributed by atoms with Gasteiger partial charge in [-0.15, -0.1) is 11.8 Å². The van der Waals surface area contributed by atoms with Crippen molar-refractivity contribution in [1.82, 2.24) is 5.32 Å². The Bertz CT molecular complexity index is 397. The number of aliphatic carboxylic acids is 1. The first kappa shape index (κ1) is 18.6. The van der Waals surface area contributed by atoms with Gasteiger partial charge in [0.2, 0.25) is 6.29 Å². The largest absolute Gasteiger partial charge is 0.480 e. The molecule has 1 amide bonds. The summed E-state index contributed by atoms with van der Waals surface area (Å²) in [6, 6.07) is 0. The highest BCUT2D eigenvalue weighted by Crippen LogP contribution is 2.32. The molecule has 0 saturated heterocycles. The van der Waals surface area contributed by atoms with Gasteiger partial charge in [0.25, 0.3) is 0 Å². The van der Waals surface area contributed by atoms with Crippen molar-refractivity contribution in [2.75, 3.05) is 6.54 Å². The van der Waals surface area contributed by atoms with Gasteiger partial charge >= 0.3 is 18.0 Å². The lowest BCUT2D eigenvalue weighted by atomic mass is 10.4. The number of hydrogen-bond donors (Lipinski definition) is 2. The van der Waals surface area contributed by atoms with Gasteiger partial charge in [-0.1, -0.05) is 19.8 Å². The quantitative estimate of drug-likeness (QED) is 0.518. The fraction of sp³-hybridized carbons (Fsp3) is 0.786. The summed E-state index contributed by atoms with van der Waals surface area (Å²) < 4.78 is 9.62. The smallest absolute Gasteiger partial charge is 0.410 e. The molecule has 1 aliphatic rings. The van der Waals surface area contributed by atoms with Crippen LogP contribution in [0.3, 0.4) is 0 Å². The summed E-state index contributed by atoms with van der Waals surface area (Å²) in [5, 5.41) is 11.2. The molecule has 0 radical (unpaired) electrons. The number of nitrogens with one attached hydrogen (secondary N) is 1. The SMILES string of the molecule is CCC(=O)O[C@H](C)OC(=O)NC[C@H](SC1CCCC1)C(=O)O. The van der Waals surface area contributed by atoms with Gasteiger partial charge < -0.3 is 19.9 Å². The molecule has 7 nitrogen and oxygen atoms in total. The first-order valence-electron chi connectivity index (χ1n) is 7.44. The van der Waals surface area contributed by atoms with Crippen molar-refractivity contribution < 1.29 is 29.0 Å². The van der Waals surface area contributed by atoms with E-state index in [1.165, 1.54) is 18.7 Å². The van der Waals surface area contributed by atoms with Crippen molar-refractivity contribution in [3.63, 3.8) is 0 Å². The molecule has 126 valence electrons. The molecule has 0 heterocycles. The third-order valence-electron chi connectivity index (χ3n) is 3.23. The van der Waals surface area contributed by atoms with Crippen LogP contribution in [0.4, 0.5) is 4.79 Å². The van der Waals surface area contributed by atoms with Crippen molar-refractivity contribution in [3.8, 4) is 0 Å². The second-order valence-corrected chi connectivity index (χ2v) is 6.57. The zero-order valence-corrected chi connectivity index (χ0v) is 13.7. The standard InChI is InChI=1S/C14H23NO6S/c1-3-12(16)20-9(2)21-14(19)15-8-11(13(17)18)22-10-6-4-5-7-10/h9-11H,3-8H2,1-2H3,(H,15,19)(H,17,18)/t9-,11-/m0/s1. The van der Waals surface area contributed by atoms with Crippen LogP contribution in [-0.2, 0) is 19.1 Å². The van der Waals surface area contributed by atoms with Crippen LogP contribution in [0.2, 0.25) is 0 Å². The number of alkyl carbamates (subject to hydrolysis) is 1. The lowest BCUT2D eigenvalue weighted by Gasteiger charge is -2.18. The van der Waals surface area contributed by atoms with E-state index in [0.29, 0.717) is 5.25 Å². The molecule has 0 spiro atoms. The number of thioether (sulfide) groups is 1. The number of esters is 1. The van der Waals surface area contributed by atoms with E-state index in [4.69, 9.17) is 9.47 Å². The highest BCUT2D eigenvalue weighted by atomic mass is 32.2. The highest BCUT2D eigenvalue weighted by Gasteiger charge is 2.26. The Labute approximate surface area is 134 Å². The van der Waals surface area contributed by atoms with E-state index in [2.05, 4.69) is 5.32 Å². The zero-order valence-electron chi connectivity index (χ0n) is 12.9.